The molecule has 2 N–H and O–H groups in total. The van der Waals surface area contributed by atoms with Crippen molar-refractivity contribution in [2.24, 2.45) is 16.8 Å². The number of aromatic nitrogens is 2. The summed E-state index contributed by atoms with van der Waals surface area (Å²) in [6, 6.07) is 0.409. The molecule has 0 radical (unpaired) electrons. The molecule has 2 heterocycles. The summed E-state index contributed by atoms with van der Waals surface area (Å²) < 4.78 is 2.21. The Balaban J connectivity index is 1.49. The number of likely N-dealkylation sites (tertiary alicyclic amines) is 1. The third-order valence-electron chi connectivity index (χ3n) is 6.11. The van der Waals surface area contributed by atoms with Crippen LogP contribution in [0.15, 0.2) is 23.7 Å². The molecule has 2 aliphatic rings. The van der Waals surface area contributed by atoms with Gasteiger partial charge in [-0.2, -0.15) is 0 Å². The topological polar surface area (TPSA) is 74.6 Å². The van der Waals surface area contributed by atoms with Crippen molar-refractivity contribution in [1.82, 2.24) is 25.1 Å². The summed E-state index contributed by atoms with van der Waals surface area (Å²) in [7, 11) is 0. The van der Waals surface area contributed by atoms with E-state index in [1.165, 1.54) is 25.7 Å². The van der Waals surface area contributed by atoms with Gasteiger partial charge in [-0.25, -0.2) is 4.98 Å². The summed E-state index contributed by atoms with van der Waals surface area (Å²) in [4.78, 5) is 23.4. The zero-order valence-corrected chi connectivity index (χ0v) is 17.4. The molecule has 1 aromatic heterocycles. The number of hydrogen-bond acceptors (Lipinski definition) is 3. The van der Waals surface area contributed by atoms with Crippen LogP contribution in [0.5, 0.6) is 0 Å². The molecule has 1 aliphatic carbocycles. The van der Waals surface area contributed by atoms with Gasteiger partial charge in [-0.1, -0.05) is 19.8 Å². The fourth-order valence-electron chi connectivity index (χ4n) is 4.43. The lowest BCUT2D eigenvalue weighted by molar-refractivity contribution is -0.121. The first-order valence-corrected chi connectivity index (χ1v) is 10.9. The predicted octanol–water partition coefficient (Wildman–Crippen LogP) is 2.43. The lowest BCUT2D eigenvalue weighted by atomic mass is 9.93. The van der Waals surface area contributed by atoms with Crippen molar-refractivity contribution in [3.05, 3.63) is 18.7 Å². The highest BCUT2D eigenvalue weighted by atomic mass is 16.1. The Hall–Kier alpha value is -2.05. The third-order valence-corrected chi connectivity index (χ3v) is 6.11. The molecular weight excluding hydrogens is 352 g/mol. The van der Waals surface area contributed by atoms with Gasteiger partial charge in [0.1, 0.15) is 0 Å². The molecule has 7 nitrogen and oxygen atoms in total. The Morgan fingerprint density at radius 1 is 1.25 bits per heavy atom. The maximum Gasteiger partial charge on any atom is 0.220 e. The van der Waals surface area contributed by atoms with E-state index in [9.17, 15) is 4.79 Å². The predicted molar refractivity (Wildman–Crippen MR) is 112 cm³/mol. The summed E-state index contributed by atoms with van der Waals surface area (Å²) in [6.07, 6.45) is 12.6. The number of carbonyl (C=O) groups excluding carboxylic acids is 1. The van der Waals surface area contributed by atoms with Crippen LogP contribution in [-0.2, 0) is 4.79 Å². The van der Waals surface area contributed by atoms with Gasteiger partial charge in [-0.3, -0.25) is 9.79 Å². The number of hydrogen-bond donors (Lipinski definition) is 2. The second-order valence-electron chi connectivity index (χ2n) is 8.23. The molecule has 0 bridgehead atoms. The number of aliphatic imine (C=N–C) groups is 1. The quantitative estimate of drug-likeness (QED) is 0.427. The first kappa shape index (κ1) is 20.7. The van der Waals surface area contributed by atoms with E-state index in [4.69, 9.17) is 4.99 Å². The van der Waals surface area contributed by atoms with E-state index < -0.39 is 0 Å². The van der Waals surface area contributed by atoms with Crippen LogP contribution in [0.25, 0.3) is 0 Å². The molecule has 3 rings (SSSR count). The van der Waals surface area contributed by atoms with Crippen LogP contribution in [0.3, 0.4) is 0 Å². The van der Waals surface area contributed by atoms with Crippen LogP contribution >= 0.6 is 0 Å². The number of nitrogens with one attached hydrogen (secondary N) is 2. The average Bonchev–Trinajstić information content (AvgIpc) is 3.39. The lowest BCUT2D eigenvalue weighted by Crippen LogP contribution is -2.49. The molecule has 1 aromatic rings. The van der Waals surface area contributed by atoms with Gasteiger partial charge < -0.3 is 20.1 Å². The van der Waals surface area contributed by atoms with Crippen molar-refractivity contribution in [1.29, 1.82) is 0 Å². The SMILES string of the molecule is CCNC(=NCCNC(=O)CC1CCCC1)N1CCC(C)C(n2ccnc2)C1. The van der Waals surface area contributed by atoms with Crippen molar-refractivity contribution in [3.8, 4) is 0 Å². The van der Waals surface area contributed by atoms with Crippen molar-refractivity contribution in [2.45, 2.75) is 58.4 Å². The molecule has 1 amide bonds. The molecule has 156 valence electrons. The molecule has 1 saturated carbocycles. The maximum atomic E-state index is 12.1. The van der Waals surface area contributed by atoms with Crippen LogP contribution in [0.1, 0.15) is 58.4 Å². The molecule has 2 unspecified atom stereocenters. The highest BCUT2D eigenvalue weighted by molar-refractivity contribution is 5.80. The van der Waals surface area contributed by atoms with Gasteiger partial charge in [-0.15, -0.1) is 0 Å². The highest BCUT2D eigenvalue weighted by Crippen LogP contribution is 2.28. The number of nitrogens with zero attached hydrogens (tertiary/aromatic N) is 4. The monoisotopic (exact) mass is 388 g/mol. The van der Waals surface area contributed by atoms with E-state index in [-0.39, 0.29) is 5.91 Å². The summed E-state index contributed by atoms with van der Waals surface area (Å²) in [6.45, 7) is 8.40. The van der Waals surface area contributed by atoms with Gasteiger partial charge in [0.05, 0.1) is 18.9 Å². The van der Waals surface area contributed by atoms with Crippen LogP contribution in [0.2, 0.25) is 0 Å². The fraction of sp³-hybridized carbons (Fsp3) is 0.762. The Bertz CT molecular complexity index is 623. The molecule has 28 heavy (non-hydrogen) atoms. The Kier molecular flexibility index (Phi) is 7.74. The van der Waals surface area contributed by atoms with Crippen molar-refractivity contribution in [3.63, 3.8) is 0 Å². The summed E-state index contributed by atoms with van der Waals surface area (Å²) in [5.41, 5.74) is 0. The van der Waals surface area contributed by atoms with Crippen molar-refractivity contribution >= 4 is 11.9 Å². The third kappa shape index (κ3) is 5.72. The first-order chi connectivity index (χ1) is 13.7. The number of imidazole rings is 1. The summed E-state index contributed by atoms with van der Waals surface area (Å²) in [5.74, 6) is 2.34. The second-order valence-corrected chi connectivity index (χ2v) is 8.23. The van der Waals surface area contributed by atoms with Crippen LogP contribution in [-0.4, -0.2) is 59.0 Å². The summed E-state index contributed by atoms with van der Waals surface area (Å²) in [5, 5.41) is 6.46. The zero-order valence-electron chi connectivity index (χ0n) is 17.4. The molecular formula is C21H36N6O. The van der Waals surface area contributed by atoms with E-state index in [2.05, 4.69) is 45.1 Å². The van der Waals surface area contributed by atoms with Crippen molar-refractivity contribution < 1.29 is 4.79 Å². The van der Waals surface area contributed by atoms with Gasteiger partial charge in [0.25, 0.3) is 0 Å². The van der Waals surface area contributed by atoms with Gasteiger partial charge >= 0.3 is 0 Å². The van der Waals surface area contributed by atoms with Gasteiger partial charge in [0, 0.05) is 45.0 Å². The standard InChI is InChI=1S/C21H36N6O/c1-3-23-21(25-10-9-24-20(28)14-18-6-4-5-7-18)26-12-8-17(2)19(15-26)27-13-11-22-16-27/h11,13,16-19H,3-10,12,14-15H2,1-2H3,(H,23,25)(H,24,28). The molecule has 2 fully saturated rings. The minimum absolute atomic E-state index is 0.180. The molecule has 2 atom stereocenters. The molecule has 1 saturated heterocycles. The largest absolute Gasteiger partial charge is 0.357 e. The normalized spacial score (nSPS) is 23.8. The van der Waals surface area contributed by atoms with Crippen LogP contribution < -0.4 is 10.6 Å². The average molecular weight is 389 g/mol. The maximum absolute atomic E-state index is 12.1. The Morgan fingerprint density at radius 2 is 2.07 bits per heavy atom. The molecule has 0 spiro atoms. The summed E-state index contributed by atoms with van der Waals surface area (Å²) >= 11 is 0. The fourth-order valence-corrected chi connectivity index (χ4v) is 4.43. The molecule has 0 aromatic carbocycles. The van der Waals surface area contributed by atoms with E-state index >= 15 is 0 Å². The van der Waals surface area contributed by atoms with Gasteiger partial charge in [0.2, 0.25) is 5.91 Å². The smallest absolute Gasteiger partial charge is 0.220 e. The minimum atomic E-state index is 0.180. The van der Waals surface area contributed by atoms with E-state index in [0.29, 0.717) is 37.4 Å². The minimum Gasteiger partial charge on any atom is -0.357 e. The van der Waals surface area contributed by atoms with Crippen LogP contribution in [0.4, 0.5) is 0 Å². The van der Waals surface area contributed by atoms with E-state index in [1.807, 2.05) is 12.5 Å². The van der Waals surface area contributed by atoms with Gasteiger partial charge in [0.15, 0.2) is 5.96 Å². The van der Waals surface area contributed by atoms with E-state index in [0.717, 1.165) is 32.0 Å². The van der Waals surface area contributed by atoms with Crippen LogP contribution in [0, 0.1) is 11.8 Å². The molecule has 1 aliphatic heterocycles. The Morgan fingerprint density at radius 3 is 2.79 bits per heavy atom. The zero-order chi connectivity index (χ0) is 19.8. The number of guanidine groups is 1. The Labute approximate surface area is 169 Å². The molecule has 7 heteroatoms. The van der Waals surface area contributed by atoms with E-state index in [1.54, 1.807) is 0 Å². The highest BCUT2D eigenvalue weighted by Gasteiger charge is 2.28. The second kappa shape index (κ2) is 10.5. The lowest BCUT2D eigenvalue weighted by Gasteiger charge is -2.39. The first-order valence-electron chi connectivity index (χ1n) is 10.9. The number of carbonyl (C=O) groups is 1. The van der Waals surface area contributed by atoms with Crippen molar-refractivity contribution in [2.75, 3.05) is 32.7 Å². The number of rotatable bonds is 7. The van der Waals surface area contributed by atoms with Gasteiger partial charge in [-0.05, 0) is 38.0 Å². The number of amides is 1. The number of piperidine rings is 1.